The van der Waals surface area contributed by atoms with Gasteiger partial charge in [-0.05, 0) is 18.1 Å². The molecule has 0 aromatic heterocycles. The summed E-state index contributed by atoms with van der Waals surface area (Å²) in [7, 11) is 1.77. The van der Waals surface area contributed by atoms with Gasteiger partial charge in [-0.2, -0.15) is 5.10 Å². The average Bonchev–Trinajstić information content (AvgIpc) is 2.24. The van der Waals surface area contributed by atoms with Crippen LogP contribution in [-0.2, 0) is 6.54 Å². The molecule has 0 saturated heterocycles. The molecule has 0 aliphatic heterocycles. The fraction of sp³-hybridized carbons (Fsp3) is 0.273. The number of hydrazone groups is 1. The SMILES string of the molecule is C=NN(C)/C=N\Cc1cccc(C)c1N. The molecule has 0 aliphatic rings. The van der Waals surface area contributed by atoms with Crippen LogP contribution in [0.3, 0.4) is 0 Å². The summed E-state index contributed by atoms with van der Waals surface area (Å²) < 4.78 is 0. The first-order valence-electron chi connectivity index (χ1n) is 4.68. The van der Waals surface area contributed by atoms with Crippen LogP contribution < -0.4 is 5.73 Å². The molecular formula is C11H16N4. The van der Waals surface area contributed by atoms with E-state index in [1.54, 1.807) is 18.4 Å². The zero-order chi connectivity index (χ0) is 11.3. The highest BCUT2D eigenvalue weighted by atomic mass is 15.4. The van der Waals surface area contributed by atoms with Crippen LogP contribution in [0.2, 0.25) is 0 Å². The Balaban J connectivity index is 2.69. The molecule has 4 heteroatoms. The lowest BCUT2D eigenvalue weighted by Crippen LogP contribution is -2.06. The third-order valence-electron chi connectivity index (χ3n) is 2.15. The average molecular weight is 204 g/mol. The number of hydrogen-bond donors (Lipinski definition) is 1. The number of nitrogens with zero attached hydrogens (tertiary/aromatic N) is 3. The second-order valence-corrected chi connectivity index (χ2v) is 3.32. The number of nitrogens with two attached hydrogens (primary N) is 1. The molecule has 4 nitrogen and oxygen atoms in total. The van der Waals surface area contributed by atoms with Crippen LogP contribution in [0.4, 0.5) is 5.69 Å². The van der Waals surface area contributed by atoms with Crippen LogP contribution in [0.25, 0.3) is 0 Å². The Bertz CT molecular complexity index is 371. The van der Waals surface area contributed by atoms with Gasteiger partial charge < -0.3 is 5.73 Å². The normalized spacial score (nSPS) is 10.5. The molecule has 2 N–H and O–H groups in total. The summed E-state index contributed by atoms with van der Waals surface area (Å²) in [5.41, 5.74) is 8.83. The Kier molecular flexibility index (Phi) is 3.85. The third kappa shape index (κ3) is 3.09. The number of para-hydroxylation sites is 1. The van der Waals surface area contributed by atoms with Crippen molar-refractivity contribution in [2.45, 2.75) is 13.5 Å². The molecule has 0 fully saturated rings. The highest BCUT2D eigenvalue weighted by Gasteiger charge is 1.99. The smallest absolute Gasteiger partial charge is 0.106 e. The van der Waals surface area contributed by atoms with Crippen LogP contribution in [0, 0.1) is 6.92 Å². The summed E-state index contributed by atoms with van der Waals surface area (Å²) in [6.07, 6.45) is 1.62. The Morgan fingerprint density at radius 2 is 2.27 bits per heavy atom. The molecule has 1 aromatic rings. The standard InChI is InChI=1S/C11H16N4/c1-9-5-4-6-10(11(9)12)7-14-8-15(3)13-2/h4-6,8H,2,7,12H2,1,3H3/b14-8-. The first kappa shape index (κ1) is 11.2. The lowest BCUT2D eigenvalue weighted by Gasteiger charge is -2.06. The molecule has 0 aliphatic carbocycles. The Morgan fingerprint density at radius 3 is 2.93 bits per heavy atom. The molecule has 0 radical (unpaired) electrons. The van der Waals surface area contributed by atoms with Crippen LogP contribution in [-0.4, -0.2) is 25.1 Å². The van der Waals surface area contributed by atoms with Gasteiger partial charge in [0.05, 0.1) is 6.54 Å². The fourth-order valence-electron chi connectivity index (χ4n) is 1.17. The number of aryl methyl sites for hydroxylation is 1. The molecule has 0 heterocycles. The maximum absolute atomic E-state index is 5.91. The number of anilines is 1. The molecule has 15 heavy (non-hydrogen) atoms. The van der Waals surface area contributed by atoms with Crippen molar-refractivity contribution in [3.05, 3.63) is 29.3 Å². The van der Waals surface area contributed by atoms with Gasteiger partial charge in [-0.25, -0.2) is 0 Å². The predicted molar refractivity (Wildman–Crippen MR) is 65.1 cm³/mol. The lowest BCUT2D eigenvalue weighted by atomic mass is 10.1. The van der Waals surface area contributed by atoms with E-state index in [9.17, 15) is 0 Å². The van der Waals surface area contributed by atoms with E-state index in [2.05, 4.69) is 16.8 Å². The quantitative estimate of drug-likeness (QED) is 0.351. The number of aliphatic imine (C=N–C) groups is 1. The van der Waals surface area contributed by atoms with Crippen LogP contribution >= 0.6 is 0 Å². The predicted octanol–water partition coefficient (Wildman–Crippen LogP) is 1.65. The number of benzene rings is 1. The second kappa shape index (κ2) is 5.14. The van der Waals surface area contributed by atoms with E-state index in [-0.39, 0.29) is 0 Å². The zero-order valence-corrected chi connectivity index (χ0v) is 9.14. The van der Waals surface area contributed by atoms with Crippen molar-refractivity contribution < 1.29 is 0 Å². The Hall–Kier alpha value is -1.84. The van der Waals surface area contributed by atoms with E-state index in [1.165, 1.54) is 0 Å². The maximum atomic E-state index is 5.91. The Morgan fingerprint density at radius 1 is 1.53 bits per heavy atom. The van der Waals surface area contributed by atoms with Gasteiger partial charge in [-0.1, -0.05) is 18.2 Å². The van der Waals surface area contributed by atoms with Crippen molar-refractivity contribution in [1.29, 1.82) is 0 Å². The monoisotopic (exact) mass is 204 g/mol. The minimum absolute atomic E-state index is 0.563. The molecule has 0 amide bonds. The van der Waals surface area contributed by atoms with Gasteiger partial charge in [-0.15, -0.1) is 0 Å². The second-order valence-electron chi connectivity index (χ2n) is 3.32. The highest BCUT2D eigenvalue weighted by Crippen LogP contribution is 2.16. The summed E-state index contributed by atoms with van der Waals surface area (Å²) in [6.45, 7) is 5.93. The van der Waals surface area contributed by atoms with E-state index in [0.717, 1.165) is 16.8 Å². The van der Waals surface area contributed by atoms with Crippen LogP contribution in [0.5, 0.6) is 0 Å². The van der Waals surface area contributed by atoms with E-state index < -0.39 is 0 Å². The van der Waals surface area contributed by atoms with Crippen molar-refractivity contribution >= 4 is 18.7 Å². The van der Waals surface area contributed by atoms with Crippen molar-refractivity contribution in [3.63, 3.8) is 0 Å². The van der Waals surface area contributed by atoms with Crippen molar-refractivity contribution in [2.24, 2.45) is 10.1 Å². The number of nitrogen functional groups attached to an aromatic ring is 1. The van der Waals surface area contributed by atoms with Crippen molar-refractivity contribution in [3.8, 4) is 0 Å². The first-order valence-corrected chi connectivity index (χ1v) is 4.68. The summed E-state index contributed by atoms with van der Waals surface area (Å²) in [4.78, 5) is 4.20. The maximum Gasteiger partial charge on any atom is 0.106 e. The molecule has 0 bridgehead atoms. The van der Waals surface area contributed by atoms with E-state index >= 15 is 0 Å². The van der Waals surface area contributed by atoms with Gasteiger partial charge >= 0.3 is 0 Å². The topological polar surface area (TPSA) is 54.0 Å². The zero-order valence-electron chi connectivity index (χ0n) is 9.14. The van der Waals surface area contributed by atoms with Gasteiger partial charge in [0.2, 0.25) is 0 Å². The molecular weight excluding hydrogens is 188 g/mol. The molecule has 0 atom stereocenters. The summed E-state index contributed by atoms with van der Waals surface area (Å²) in [6, 6.07) is 5.94. The minimum Gasteiger partial charge on any atom is -0.398 e. The van der Waals surface area contributed by atoms with Gasteiger partial charge in [0.1, 0.15) is 6.34 Å². The van der Waals surface area contributed by atoms with Crippen molar-refractivity contribution in [2.75, 3.05) is 12.8 Å². The minimum atomic E-state index is 0.563. The van der Waals surface area contributed by atoms with Crippen LogP contribution in [0.15, 0.2) is 28.3 Å². The molecule has 80 valence electrons. The van der Waals surface area contributed by atoms with Crippen LogP contribution in [0.1, 0.15) is 11.1 Å². The molecule has 1 rings (SSSR count). The lowest BCUT2D eigenvalue weighted by molar-refractivity contribution is 0.564. The summed E-state index contributed by atoms with van der Waals surface area (Å²) >= 11 is 0. The summed E-state index contributed by atoms with van der Waals surface area (Å²) in [5.74, 6) is 0. The largest absolute Gasteiger partial charge is 0.398 e. The van der Waals surface area contributed by atoms with E-state index in [0.29, 0.717) is 6.54 Å². The molecule has 1 aromatic carbocycles. The van der Waals surface area contributed by atoms with Gasteiger partial charge in [0.25, 0.3) is 0 Å². The van der Waals surface area contributed by atoms with Gasteiger partial charge in [0, 0.05) is 19.5 Å². The molecule has 0 spiro atoms. The van der Waals surface area contributed by atoms with E-state index in [4.69, 9.17) is 5.73 Å². The molecule has 0 unspecified atom stereocenters. The number of hydrogen-bond acceptors (Lipinski definition) is 3. The third-order valence-corrected chi connectivity index (χ3v) is 2.15. The fourth-order valence-corrected chi connectivity index (χ4v) is 1.17. The van der Waals surface area contributed by atoms with Gasteiger partial charge in [0.15, 0.2) is 0 Å². The van der Waals surface area contributed by atoms with Gasteiger partial charge in [-0.3, -0.25) is 10.0 Å². The summed E-state index contributed by atoms with van der Waals surface area (Å²) in [5, 5.41) is 5.21. The Labute approximate surface area is 90.1 Å². The van der Waals surface area contributed by atoms with E-state index in [1.807, 2.05) is 25.1 Å². The number of rotatable bonds is 4. The molecule has 0 saturated carbocycles. The first-order chi connectivity index (χ1) is 7.15. The van der Waals surface area contributed by atoms with Crippen molar-refractivity contribution in [1.82, 2.24) is 5.01 Å². The highest BCUT2D eigenvalue weighted by molar-refractivity contribution is 5.57.